The van der Waals surface area contributed by atoms with Crippen LogP contribution < -0.4 is 0 Å². The van der Waals surface area contributed by atoms with Gasteiger partial charge in [-0.05, 0) is 23.9 Å². The Kier molecular flexibility index (Phi) is 3.60. The molecule has 0 saturated carbocycles. The number of thiophene rings is 1. The molecule has 7 heteroatoms. The molecule has 3 heterocycles. The molecule has 0 amide bonds. The molecule has 0 unspecified atom stereocenters. The molecule has 1 aliphatic rings. The standard InChI is InChI=1S/C14H15N3O3S/c1-8(18)13-2-9(6-21-13)4-17-5-11-10(15-7-16-11)3-12(17)14(19)20/h2,6-7,12H,3-5H2,1H3,(H,15,16)(H,19,20)/t12-/m0/s1. The van der Waals surface area contributed by atoms with E-state index in [1.54, 1.807) is 6.33 Å². The van der Waals surface area contributed by atoms with Crippen LogP contribution in [0.25, 0.3) is 0 Å². The highest BCUT2D eigenvalue weighted by Crippen LogP contribution is 2.24. The van der Waals surface area contributed by atoms with Gasteiger partial charge in [-0.3, -0.25) is 14.5 Å². The maximum absolute atomic E-state index is 11.5. The van der Waals surface area contributed by atoms with Crippen molar-refractivity contribution in [2.24, 2.45) is 0 Å². The topological polar surface area (TPSA) is 86.3 Å². The van der Waals surface area contributed by atoms with Crippen molar-refractivity contribution in [3.05, 3.63) is 39.6 Å². The lowest BCUT2D eigenvalue weighted by atomic mass is 10.0. The average Bonchev–Trinajstić information content (AvgIpc) is 3.05. The second-order valence-corrected chi connectivity index (χ2v) is 6.08. The summed E-state index contributed by atoms with van der Waals surface area (Å²) in [6.45, 7) is 2.57. The number of carboxylic acids is 1. The number of imidazole rings is 1. The van der Waals surface area contributed by atoms with Gasteiger partial charge in [0.05, 0.1) is 22.6 Å². The number of hydrogen-bond acceptors (Lipinski definition) is 5. The lowest BCUT2D eigenvalue weighted by Crippen LogP contribution is -2.45. The fourth-order valence-electron chi connectivity index (χ4n) is 2.57. The van der Waals surface area contributed by atoms with Crippen molar-refractivity contribution in [3.63, 3.8) is 0 Å². The molecule has 0 fully saturated rings. The highest BCUT2D eigenvalue weighted by Gasteiger charge is 2.32. The average molecular weight is 305 g/mol. The molecule has 21 heavy (non-hydrogen) atoms. The third-order valence-electron chi connectivity index (χ3n) is 3.67. The van der Waals surface area contributed by atoms with E-state index in [0.29, 0.717) is 24.4 Å². The molecule has 0 bridgehead atoms. The van der Waals surface area contributed by atoms with Gasteiger partial charge in [0.2, 0.25) is 0 Å². The van der Waals surface area contributed by atoms with Crippen molar-refractivity contribution in [2.75, 3.05) is 0 Å². The Labute approximate surface area is 125 Å². The molecule has 3 rings (SSSR count). The minimum atomic E-state index is -0.842. The van der Waals surface area contributed by atoms with Crippen molar-refractivity contribution in [2.45, 2.75) is 32.5 Å². The van der Waals surface area contributed by atoms with E-state index in [4.69, 9.17) is 0 Å². The van der Waals surface area contributed by atoms with Crippen molar-refractivity contribution in [3.8, 4) is 0 Å². The molecule has 110 valence electrons. The van der Waals surface area contributed by atoms with Crippen LogP contribution in [0.15, 0.2) is 17.8 Å². The van der Waals surface area contributed by atoms with Crippen molar-refractivity contribution >= 4 is 23.1 Å². The Hall–Kier alpha value is -1.99. The Morgan fingerprint density at radius 1 is 1.57 bits per heavy atom. The molecule has 2 aromatic heterocycles. The summed E-state index contributed by atoms with van der Waals surface area (Å²) in [5.41, 5.74) is 2.77. The summed E-state index contributed by atoms with van der Waals surface area (Å²) in [5.74, 6) is -0.804. The van der Waals surface area contributed by atoms with Gasteiger partial charge in [-0.25, -0.2) is 4.98 Å². The largest absolute Gasteiger partial charge is 0.480 e. The number of aromatic amines is 1. The van der Waals surface area contributed by atoms with Gasteiger partial charge in [-0.1, -0.05) is 0 Å². The highest BCUT2D eigenvalue weighted by molar-refractivity contribution is 7.12. The number of hydrogen-bond donors (Lipinski definition) is 2. The number of carbonyl (C=O) groups is 2. The molecule has 0 saturated heterocycles. The Morgan fingerprint density at radius 2 is 2.38 bits per heavy atom. The minimum Gasteiger partial charge on any atom is -0.480 e. The predicted octanol–water partition coefficient (Wildman–Crippen LogP) is 1.69. The lowest BCUT2D eigenvalue weighted by molar-refractivity contribution is -0.144. The Morgan fingerprint density at radius 3 is 3.05 bits per heavy atom. The SMILES string of the molecule is CC(=O)c1cc(CN2Cc3[nH]cnc3C[C@H]2C(=O)O)cs1. The third-order valence-corrected chi connectivity index (χ3v) is 4.75. The predicted molar refractivity (Wildman–Crippen MR) is 77.3 cm³/mol. The summed E-state index contributed by atoms with van der Waals surface area (Å²) >= 11 is 1.40. The van der Waals surface area contributed by atoms with Crippen LogP contribution in [0.4, 0.5) is 0 Å². The van der Waals surface area contributed by atoms with E-state index >= 15 is 0 Å². The summed E-state index contributed by atoms with van der Waals surface area (Å²) in [6, 6.07) is 1.26. The van der Waals surface area contributed by atoms with Gasteiger partial charge >= 0.3 is 5.97 Å². The Balaban J connectivity index is 1.82. The van der Waals surface area contributed by atoms with Crippen LogP contribution in [-0.2, 0) is 24.3 Å². The van der Waals surface area contributed by atoms with E-state index in [1.807, 2.05) is 16.3 Å². The zero-order valence-electron chi connectivity index (χ0n) is 11.5. The molecule has 6 nitrogen and oxygen atoms in total. The van der Waals surface area contributed by atoms with Crippen molar-refractivity contribution in [1.82, 2.24) is 14.9 Å². The summed E-state index contributed by atoms with van der Waals surface area (Å²) in [4.78, 5) is 32.6. The number of ketones is 1. The Bertz CT molecular complexity index is 691. The number of aliphatic carboxylic acids is 1. The monoisotopic (exact) mass is 305 g/mol. The number of carbonyl (C=O) groups excluding carboxylic acids is 1. The second-order valence-electron chi connectivity index (χ2n) is 5.17. The van der Waals surface area contributed by atoms with Gasteiger partial charge in [0.15, 0.2) is 5.78 Å². The summed E-state index contributed by atoms with van der Waals surface area (Å²) in [7, 11) is 0. The fourth-order valence-corrected chi connectivity index (χ4v) is 3.38. The van der Waals surface area contributed by atoms with E-state index in [0.717, 1.165) is 17.0 Å². The number of H-pyrrole nitrogens is 1. The maximum Gasteiger partial charge on any atom is 0.321 e. The van der Waals surface area contributed by atoms with E-state index in [9.17, 15) is 14.7 Å². The summed E-state index contributed by atoms with van der Waals surface area (Å²) < 4.78 is 0. The molecular weight excluding hydrogens is 290 g/mol. The first-order valence-electron chi connectivity index (χ1n) is 6.61. The lowest BCUT2D eigenvalue weighted by Gasteiger charge is -2.31. The summed E-state index contributed by atoms with van der Waals surface area (Å²) in [5, 5.41) is 11.3. The van der Waals surface area contributed by atoms with Crippen LogP contribution in [-0.4, -0.2) is 37.8 Å². The van der Waals surface area contributed by atoms with Crippen LogP contribution in [0.2, 0.25) is 0 Å². The first-order chi connectivity index (χ1) is 10.0. The molecular formula is C14H15N3O3S. The molecule has 0 radical (unpaired) electrons. The number of nitrogens with one attached hydrogen (secondary N) is 1. The molecule has 1 aliphatic heterocycles. The zero-order valence-corrected chi connectivity index (χ0v) is 12.3. The van der Waals surface area contributed by atoms with Crippen LogP contribution in [0.1, 0.15) is 33.5 Å². The first-order valence-corrected chi connectivity index (χ1v) is 7.49. The smallest absolute Gasteiger partial charge is 0.321 e. The molecule has 0 aliphatic carbocycles. The number of aromatic nitrogens is 2. The van der Waals surface area contributed by atoms with Crippen LogP contribution in [0.5, 0.6) is 0 Å². The number of Topliss-reactive ketones (excluding diaryl/α,β-unsaturated/α-hetero) is 1. The molecule has 0 spiro atoms. The van der Waals surface area contributed by atoms with E-state index in [-0.39, 0.29) is 5.78 Å². The molecule has 1 atom stereocenters. The van der Waals surface area contributed by atoms with E-state index < -0.39 is 12.0 Å². The van der Waals surface area contributed by atoms with Crippen LogP contribution >= 0.6 is 11.3 Å². The molecule has 2 aromatic rings. The van der Waals surface area contributed by atoms with Gasteiger partial charge in [-0.2, -0.15) is 0 Å². The quantitative estimate of drug-likeness (QED) is 0.839. The second kappa shape index (κ2) is 5.42. The van der Waals surface area contributed by atoms with Gasteiger partial charge in [0.1, 0.15) is 6.04 Å². The number of nitrogens with zero attached hydrogens (tertiary/aromatic N) is 2. The van der Waals surface area contributed by atoms with Crippen molar-refractivity contribution < 1.29 is 14.7 Å². The van der Waals surface area contributed by atoms with Crippen LogP contribution in [0, 0.1) is 0 Å². The number of carboxylic acid groups (broad SMARTS) is 1. The fraction of sp³-hybridized carbons (Fsp3) is 0.357. The van der Waals surface area contributed by atoms with Crippen molar-refractivity contribution in [1.29, 1.82) is 0 Å². The van der Waals surface area contributed by atoms with E-state index in [1.165, 1.54) is 18.3 Å². The summed E-state index contributed by atoms with van der Waals surface area (Å²) in [6.07, 6.45) is 2.00. The molecule has 0 aromatic carbocycles. The van der Waals surface area contributed by atoms with Gasteiger partial charge in [-0.15, -0.1) is 11.3 Å². The zero-order chi connectivity index (χ0) is 15.0. The number of fused-ring (bicyclic) bond motifs is 1. The third kappa shape index (κ3) is 2.74. The first kappa shape index (κ1) is 14.0. The maximum atomic E-state index is 11.5. The highest BCUT2D eigenvalue weighted by atomic mass is 32.1. The van der Waals surface area contributed by atoms with Gasteiger partial charge in [0.25, 0.3) is 0 Å². The normalized spacial score (nSPS) is 18.4. The van der Waals surface area contributed by atoms with Gasteiger partial charge in [0, 0.05) is 19.5 Å². The van der Waals surface area contributed by atoms with E-state index in [2.05, 4.69) is 9.97 Å². The molecule has 2 N–H and O–H groups in total. The van der Waals surface area contributed by atoms with Crippen LogP contribution in [0.3, 0.4) is 0 Å². The van der Waals surface area contributed by atoms with Gasteiger partial charge < -0.3 is 10.1 Å². The minimum absolute atomic E-state index is 0.0375. The number of rotatable bonds is 4.